The van der Waals surface area contributed by atoms with E-state index in [1.807, 2.05) is 17.8 Å². The number of rotatable bonds is 4. The number of carbonyl (C=O) groups excluding carboxylic acids is 1. The molecule has 0 radical (unpaired) electrons. The van der Waals surface area contributed by atoms with Crippen LogP contribution in [0.1, 0.15) is 24.4 Å². The maximum Gasteiger partial charge on any atom is 0.230 e. The molecule has 1 aromatic carbocycles. The molecule has 5 heteroatoms. The lowest BCUT2D eigenvalue weighted by Crippen LogP contribution is -2.47. The van der Waals surface area contributed by atoms with Crippen LogP contribution in [0.5, 0.6) is 0 Å². The van der Waals surface area contributed by atoms with E-state index in [9.17, 15) is 4.79 Å². The van der Waals surface area contributed by atoms with Gasteiger partial charge in [-0.25, -0.2) is 0 Å². The lowest BCUT2D eigenvalue weighted by molar-refractivity contribution is -0.133. The minimum Gasteiger partial charge on any atom is -0.384 e. The summed E-state index contributed by atoms with van der Waals surface area (Å²) in [5.41, 5.74) is 0.842. The highest BCUT2D eigenvalue weighted by molar-refractivity contribution is 7.99. The number of amides is 1. The van der Waals surface area contributed by atoms with E-state index >= 15 is 0 Å². The van der Waals surface area contributed by atoms with E-state index in [-0.39, 0.29) is 11.9 Å². The Kier molecular flexibility index (Phi) is 4.52. The van der Waals surface area contributed by atoms with Crippen LogP contribution in [-0.4, -0.2) is 38.5 Å². The minimum absolute atomic E-state index is 0.126. The molecule has 21 heavy (non-hydrogen) atoms. The summed E-state index contributed by atoms with van der Waals surface area (Å²) in [7, 11) is 1.67. The second-order valence-electron chi connectivity index (χ2n) is 5.84. The van der Waals surface area contributed by atoms with Gasteiger partial charge in [-0.1, -0.05) is 18.2 Å². The quantitative estimate of drug-likeness (QED) is 0.893. The van der Waals surface area contributed by atoms with Gasteiger partial charge in [0.15, 0.2) is 0 Å². The van der Waals surface area contributed by atoms with Crippen molar-refractivity contribution in [1.82, 2.24) is 10.6 Å². The van der Waals surface area contributed by atoms with E-state index in [2.05, 4.69) is 28.8 Å². The van der Waals surface area contributed by atoms with Gasteiger partial charge in [-0.3, -0.25) is 4.79 Å². The highest BCUT2D eigenvalue weighted by Gasteiger charge is 2.42. The lowest BCUT2D eigenvalue weighted by atomic mass is 9.86. The third-order valence-electron chi connectivity index (χ3n) is 4.41. The zero-order chi connectivity index (χ0) is 14.7. The molecule has 0 spiro atoms. The molecule has 2 heterocycles. The average molecular weight is 306 g/mol. The van der Waals surface area contributed by atoms with Crippen LogP contribution in [0.3, 0.4) is 0 Å². The van der Waals surface area contributed by atoms with Gasteiger partial charge in [-0.15, -0.1) is 11.8 Å². The average Bonchev–Trinajstić information content (AvgIpc) is 2.98. The Hall–Kier alpha value is -1.04. The van der Waals surface area contributed by atoms with E-state index in [0.717, 1.165) is 25.1 Å². The van der Waals surface area contributed by atoms with Crippen LogP contribution in [0, 0.1) is 5.41 Å². The number of hydrogen-bond donors (Lipinski definition) is 2. The van der Waals surface area contributed by atoms with Crippen LogP contribution in [0.2, 0.25) is 0 Å². The summed E-state index contributed by atoms with van der Waals surface area (Å²) in [6.45, 7) is 2.07. The van der Waals surface area contributed by atoms with E-state index in [1.54, 1.807) is 7.11 Å². The topological polar surface area (TPSA) is 50.4 Å². The fourth-order valence-electron chi connectivity index (χ4n) is 3.21. The Balaban J connectivity index is 1.76. The highest BCUT2D eigenvalue weighted by atomic mass is 32.2. The molecule has 1 fully saturated rings. The van der Waals surface area contributed by atoms with Crippen LogP contribution in [0.15, 0.2) is 29.2 Å². The van der Waals surface area contributed by atoms with Gasteiger partial charge < -0.3 is 15.4 Å². The minimum atomic E-state index is -0.408. The fourth-order valence-corrected chi connectivity index (χ4v) is 4.33. The van der Waals surface area contributed by atoms with Gasteiger partial charge >= 0.3 is 0 Å². The predicted octanol–water partition coefficient (Wildman–Crippen LogP) is 1.97. The Morgan fingerprint density at radius 2 is 2.38 bits per heavy atom. The van der Waals surface area contributed by atoms with Crippen molar-refractivity contribution in [3.63, 3.8) is 0 Å². The summed E-state index contributed by atoms with van der Waals surface area (Å²) in [4.78, 5) is 14.1. The lowest BCUT2D eigenvalue weighted by Gasteiger charge is -2.31. The summed E-state index contributed by atoms with van der Waals surface area (Å²) in [5.74, 6) is 1.18. The monoisotopic (exact) mass is 306 g/mol. The summed E-state index contributed by atoms with van der Waals surface area (Å²) < 4.78 is 5.30. The van der Waals surface area contributed by atoms with Gasteiger partial charge in [0.1, 0.15) is 0 Å². The summed E-state index contributed by atoms with van der Waals surface area (Å²) in [5, 5.41) is 6.56. The van der Waals surface area contributed by atoms with Gasteiger partial charge in [0.25, 0.3) is 0 Å². The maximum atomic E-state index is 12.8. The van der Waals surface area contributed by atoms with Crippen molar-refractivity contribution < 1.29 is 9.53 Å². The first-order valence-electron chi connectivity index (χ1n) is 7.47. The Morgan fingerprint density at radius 1 is 1.52 bits per heavy atom. The van der Waals surface area contributed by atoms with Crippen LogP contribution in [0.25, 0.3) is 0 Å². The SMILES string of the molecule is COCC1(C(=O)NC2CCSc3ccccc32)CCNC1. The molecule has 0 aromatic heterocycles. The number of fused-ring (bicyclic) bond motifs is 1. The summed E-state index contributed by atoms with van der Waals surface area (Å²) in [6, 6.07) is 8.50. The molecular formula is C16H22N2O2S. The van der Waals surface area contributed by atoms with E-state index in [1.165, 1.54) is 10.5 Å². The maximum absolute atomic E-state index is 12.8. The number of carbonyl (C=O) groups is 1. The molecule has 2 unspecified atom stereocenters. The van der Waals surface area contributed by atoms with Gasteiger partial charge in [-0.2, -0.15) is 0 Å². The van der Waals surface area contributed by atoms with Gasteiger partial charge in [0.05, 0.1) is 18.1 Å². The van der Waals surface area contributed by atoms with Gasteiger partial charge in [0, 0.05) is 24.3 Å². The number of nitrogens with one attached hydrogen (secondary N) is 2. The van der Waals surface area contributed by atoms with Crippen molar-refractivity contribution in [3.05, 3.63) is 29.8 Å². The Bertz CT molecular complexity index is 515. The molecule has 0 aliphatic carbocycles. The molecular weight excluding hydrogens is 284 g/mol. The third-order valence-corrected chi connectivity index (χ3v) is 5.53. The molecule has 1 aromatic rings. The van der Waals surface area contributed by atoms with Crippen molar-refractivity contribution >= 4 is 17.7 Å². The van der Waals surface area contributed by atoms with Crippen LogP contribution >= 0.6 is 11.8 Å². The molecule has 2 aliphatic heterocycles. The van der Waals surface area contributed by atoms with Gasteiger partial charge in [-0.05, 0) is 31.0 Å². The Morgan fingerprint density at radius 3 is 3.14 bits per heavy atom. The van der Waals surface area contributed by atoms with Crippen LogP contribution in [-0.2, 0) is 9.53 Å². The van der Waals surface area contributed by atoms with Gasteiger partial charge in [0.2, 0.25) is 5.91 Å². The molecule has 1 amide bonds. The molecule has 0 bridgehead atoms. The Labute approximate surface area is 130 Å². The predicted molar refractivity (Wildman–Crippen MR) is 84.5 cm³/mol. The molecule has 2 N–H and O–H groups in total. The number of hydrogen-bond acceptors (Lipinski definition) is 4. The zero-order valence-corrected chi connectivity index (χ0v) is 13.2. The van der Waals surface area contributed by atoms with Crippen LogP contribution < -0.4 is 10.6 Å². The van der Waals surface area contributed by atoms with Crippen molar-refractivity contribution in [2.75, 3.05) is 32.6 Å². The van der Waals surface area contributed by atoms with Crippen molar-refractivity contribution in [1.29, 1.82) is 0 Å². The number of thioether (sulfide) groups is 1. The molecule has 114 valence electrons. The number of methoxy groups -OCH3 is 1. The largest absolute Gasteiger partial charge is 0.384 e. The highest BCUT2D eigenvalue weighted by Crippen LogP contribution is 2.37. The van der Waals surface area contributed by atoms with Crippen LogP contribution in [0.4, 0.5) is 0 Å². The third kappa shape index (κ3) is 2.96. The smallest absolute Gasteiger partial charge is 0.230 e. The van der Waals surface area contributed by atoms with Crippen molar-refractivity contribution in [3.8, 4) is 0 Å². The summed E-state index contributed by atoms with van der Waals surface area (Å²) >= 11 is 1.87. The number of ether oxygens (including phenoxy) is 1. The molecule has 0 saturated carbocycles. The first-order chi connectivity index (χ1) is 10.2. The molecule has 2 atom stereocenters. The molecule has 1 saturated heterocycles. The molecule has 3 rings (SSSR count). The zero-order valence-electron chi connectivity index (χ0n) is 12.4. The molecule has 2 aliphatic rings. The first kappa shape index (κ1) is 14.9. The number of benzene rings is 1. The molecule has 4 nitrogen and oxygen atoms in total. The summed E-state index contributed by atoms with van der Waals surface area (Å²) in [6.07, 6.45) is 1.83. The van der Waals surface area contributed by atoms with Crippen molar-refractivity contribution in [2.45, 2.75) is 23.8 Å². The second-order valence-corrected chi connectivity index (χ2v) is 6.98. The van der Waals surface area contributed by atoms with E-state index in [0.29, 0.717) is 13.2 Å². The fraction of sp³-hybridized carbons (Fsp3) is 0.562. The van der Waals surface area contributed by atoms with E-state index < -0.39 is 5.41 Å². The normalized spacial score (nSPS) is 28.1. The second kappa shape index (κ2) is 6.38. The standard InChI is InChI=1S/C16H22N2O2S/c1-20-11-16(7-8-17-10-16)15(19)18-13-6-9-21-14-5-3-2-4-12(13)14/h2-5,13,17H,6-11H2,1H3,(H,18,19). The van der Waals surface area contributed by atoms with Crippen molar-refractivity contribution in [2.24, 2.45) is 5.41 Å². The van der Waals surface area contributed by atoms with E-state index in [4.69, 9.17) is 4.74 Å². The first-order valence-corrected chi connectivity index (χ1v) is 8.46.